The average Bonchev–Trinajstić information content (AvgIpc) is 2.72. The van der Waals surface area contributed by atoms with E-state index in [0.29, 0.717) is 18.8 Å². The molecule has 3 aromatic carbocycles. The van der Waals surface area contributed by atoms with Crippen LogP contribution in [-0.2, 0) is 18.8 Å². The number of benzene rings is 3. The molecular weight excluding hydrogens is 352 g/mol. The third-order valence-corrected chi connectivity index (χ3v) is 6.43. The van der Waals surface area contributed by atoms with E-state index in [1.54, 1.807) is 11.8 Å². The SMILES string of the molecule is O=C1CCCc2cc3c(c(CSc4ccccc4)c21)-c1ccccc1OC3. The third kappa shape index (κ3) is 2.96. The van der Waals surface area contributed by atoms with Gasteiger partial charge in [-0.1, -0.05) is 42.5 Å². The first kappa shape index (κ1) is 16.6. The number of carbonyl (C=O) groups excluding carboxylic acids is 1. The molecule has 0 bridgehead atoms. The first-order valence-electron chi connectivity index (χ1n) is 9.42. The van der Waals surface area contributed by atoms with Crippen LogP contribution in [0.3, 0.4) is 0 Å². The normalized spacial score (nSPS) is 14.7. The standard InChI is InChI=1S/C24H20O2S/c25-21-11-6-7-16-13-17-14-26-22-12-5-4-10-19(22)23(17)20(24(16)21)15-27-18-8-2-1-3-9-18/h1-5,8-10,12-13H,6-7,11,14-15H2. The zero-order valence-corrected chi connectivity index (χ0v) is 15.9. The number of thioether (sulfide) groups is 1. The Kier molecular flexibility index (Phi) is 4.25. The minimum absolute atomic E-state index is 0.298. The highest BCUT2D eigenvalue weighted by atomic mass is 32.2. The van der Waals surface area contributed by atoms with Crippen LogP contribution in [0.25, 0.3) is 11.1 Å². The van der Waals surface area contributed by atoms with Crippen molar-refractivity contribution in [3.8, 4) is 16.9 Å². The highest BCUT2D eigenvalue weighted by Gasteiger charge is 2.29. The summed E-state index contributed by atoms with van der Waals surface area (Å²) in [4.78, 5) is 14.1. The van der Waals surface area contributed by atoms with Gasteiger partial charge in [0.05, 0.1) is 0 Å². The van der Waals surface area contributed by atoms with Gasteiger partial charge in [0, 0.05) is 28.2 Å². The number of fused-ring (bicyclic) bond motifs is 4. The number of para-hydroxylation sites is 1. The van der Waals surface area contributed by atoms with Gasteiger partial charge in [0.2, 0.25) is 0 Å². The van der Waals surface area contributed by atoms with Crippen molar-refractivity contribution in [3.63, 3.8) is 0 Å². The molecule has 27 heavy (non-hydrogen) atoms. The van der Waals surface area contributed by atoms with E-state index in [0.717, 1.165) is 35.5 Å². The van der Waals surface area contributed by atoms with Crippen LogP contribution in [0.15, 0.2) is 65.6 Å². The second-order valence-electron chi connectivity index (χ2n) is 7.09. The number of rotatable bonds is 3. The monoisotopic (exact) mass is 372 g/mol. The molecule has 0 aromatic heterocycles. The van der Waals surface area contributed by atoms with E-state index in [4.69, 9.17) is 4.74 Å². The van der Waals surface area contributed by atoms with Crippen molar-refractivity contribution in [2.45, 2.75) is 36.5 Å². The van der Waals surface area contributed by atoms with E-state index in [9.17, 15) is 4.79 Å². The summed E-state index contributed by atoms with van der Waals surface area (Å²) in [5, 5.41) is 0. The van der Waals surface area contributed by atoms with Crippen molar-refractivity contribution < 1.29 is 9.53 Å². The molecule has 0 N–H and O–H groups in total. The Morgan fingerprint density at radius 2 is 1.70 bits per heavy atom. The van der Waals surface area contributed by atoms with Crippen LogP contribution in [-0.4, -0.2) is 5.78 Å². The Morgan fingerprint density at radius 3 is 2.59 bits per heavy atom. The first-order valence-corrected chi connectivity index (χ1v) is 10.4. The fraction of sp³-hybridized carbons (Fsp3) is 0.208. The quantitative estimate of drug-likeness (QED) is 0.523. The third-order valence-electron chi connectivity index (χ3n) is 5.39. The van der Waals surface area contributed by atoms with Crippen LogP contribution in [0.4, 0.5) is 0 Å². The summed E-state index contributed by atoms with van der Waals surface area (Å²) in [6, 6.07) is 20.8. The Hall–Kier alpha value is -2.52. The summed E-state index contributed by atoms with van der Waals surface area (Å²) in [7, 11) is 0. The summed E-state index contributed by atoms with van der Waals surface area (Å²) in [6.07, 6.45) is 2.60. The summed E-state index contributed by atoms with van der Waals surface area (Å²) in [5.41, 5.74) is 6.91. The fourth-order valence-corrected chi connectivity index (χ4v) is 5.15. The van der Waals surface area contributed by atoms with Gasteiger partial charge in [-0.05, 0) is 53.3 Å². The molecule has 0 amide bonds. The van der Waals surface area contributed by atoms with Gasteiger partial charge < -0.3 is 4.74 Å². The van der Waals surface area contributed by atoms with Crippen LogP contribution in [0.5, 0.6) is 5.75 Å². The molecule has 0 fully saturated rings. The molecule has 2 nitrogen and oxygen atoms in total. The molecule has 0 radical (unpaired) electrons. The first-order chi connectivity index (χ1) is 13.3. The van der Waals surface area contributed by atoms with Crippen molar-refractivity contribution >= 4 is 17.5 Å². The number of carbonyl (C=O) groups is 1. The van der Waals surface area contributed by atoms with E-state index in [-0.39, 0.29) is 0 Å². The van der Waals surface area contributed by atoms with Gasteiger partial charge in [-0.2, -0.15) is 0 Å². The van der Waals surface area contributed by atoms with Gasteiger partial charge in [0.25, 0.3) is 0 Å². The maximum atomic E-state index is 12.9. The lowest BCUT2D eigenvalue weighted by atomic mass is 9.81. The summed E-state index contributed by atoms with van der Waals surface area (Å²) in [6.45, 7) is 0.580. The molecule has 3 aromatic rings. The Bertz CT molecular complexity index is 1020. The molecule has 3 heteroatoms. The van der Waals surface area contributed by atoms with E-state index in [1.165, 1.54) is 27.1 Å². The number of hydrogen-bond donors (Lipinski definition) is 0. The molecule has 0 saturated heterocycles. The Labute approximate surface area is 163 Å². The Morgan fingerprint density at radius 1 is 0.889 bits per heavy atom. The van der Waals surface area contributed by atoms with Crippen molar-refractivity contribution in [2.75, 3.05) is 0 Å². The minimum Gasteiger partial charge on any atom is -0.488 e. The van der Waals surface area contributed by atoms with E-state index < -0.39 is 0 Å². The van der Waals surface area contributed by atoms with E-state index in [2.05, 4.69) is 36.4 Å². The zero-order chi connectivity index (χ0) is 18.2. The van der Waals surface area contributed by atoms with Gasteiger partial charge in [-0.25, -0.2) is 0 Å². The maximum Gasteiger partial charge on any atom is 0.163 e. The second-order valence-corrected chi connectivity index (χ2v) is 8.14. The van der Waals surface area contributed by atoms with E-state index >= 15 is 0 Å². The lowest BCUT2D eigenvalue weighted by Gasteiger charge is -2.28. The van der Waals surface area contributed by atoms with Gasteiger partial charge in [-0.3, -0.25) is 4.79 Å². The summed E-state index contributed by atoms with van der Waals surface area (Å²) in [5.74, 6) is 2.01. The van der Waals surface area contributed by atoms with Crippen molar-refractivity contribution in [1.82, 2.24) is 0 Å². The van der Waals surface area contributed by atoms with Crippen LogP contribution in [0, 0.1) is 0 Å². The predicted octanol–water partition coefficient (Wildman–Crippen LogP) is 6.06. The molecular formula is C24H20O2S. The number of Topliss-reactive ketones (excluding diaryl/α,β-unsaturated/α-hetero) is 1. The highest BCUT2D eigenvalue weighted by molar-refractivity contribution is 7.98. The minimum atomic E-state index is 0.298. The smallest absolute Gasteiger partial charge is 0.163 e. The number of hydrogen-bond acceptors (Lipinski definition) is 3. The molecule has 5 rings (SSSR count). The molecule has 0 atom stereocenters. The number of aryl methyl sites for hydroxylation is 1. The maximum absolute atomic E-state index is 12.9. The lowest BCUT2D eigenvalue weighted by molar-refractivity contribution is 0.0971. The Balaban J connectivity index is 1.68. The van der Waals surface area contributed by atoms with Crippen molar-refractivity contribution in [3.05, 3.63) is 82.9 Å². The molecule has 0 saturated carbocycles. The zero-order valence-electron chi connectivity index (χ0n) is 15.0. The largest absolute Gasteiger partial charge is 0.488 e. The summed E-state index contributed by atoms with van der Waals surface area (Å²) < 4.78 is 5.99. The fourth-order valence-electron chi connectivity index (χ4n) is 4.20. The van der Waals surface area contributed by atoms with Crippen LogP contribution in [0.2, 0.25) is 0 Å². The number of ether oxygens (including phenoxy) is 1. The lowest BCUT2D eigenvalue weighted by Crippen LogP contribution is -2.18. The highest BCUT2D eigenvalue weighted by Crippen LogP contribution is 2.44. The molecule has 2 aliphatic rings. The van der Waals surface area contributed by atoms with Crippen molar-refractivity contribution in [2.24, 2.45) is 0 Å². The molecule has 134 valence electrons. The van der Waals surface area contributed by atoms with Crippen LogP contribution < -0.4 is 4.74 Å². The molecule has 1 aliphatic carbocycles. The summed E-state index contributed by atoms with van der Waals surface area (Å²) >= 11 is 1.80. The predicted molar refractivity (Wildman–Crippen MR) is 109 cm³/mol. The van der Waals surface area contributed by atoms with Gasteiger partial charge in [-0.15, -0.1) is 11.8 Å². The van der Waals surface area contributed by atoms with Crippen molar-refractivity contribution in [1.29, 1.82) is 0 Å². The molecule has 1 aliphatic heterocycles. The van der Waals surface area contributed by atoms with Crippen LogP contribution in [0.1, 0.15) is 39.9 Å². The molecule has 1 heterocycles. The van der Waals surface area contributed by atoms with Crippen LogP contribution >= 0.6 is 11.8 Å². The van der Waals surface area contributed by atoms with Gasteiger partial charge >= 0.3 is 0 Å². The topological polar surface area (TPSA) is 26.3 Å². The second kappa shape index (κ2) is 6.90. The van der Waals surface area contributed by atoms with E-state index in [1.807, 2.05) is 24.3 Å². The molecule has 0 spiro atoms. The number of ketones is 1. The average molecular weight is 372 g/mol. The van der Waals surface area contributed by atoms with Gasteiger partial charge in [0.1, 0.15) is 12.4 Å². The van der Waals surface area contributed by atoms with Gasteiger partial charge in [0.15, 0.2) is 5.78 Å². The molecule has 0 unspecified atom stereocenters.